The van der Waals surface area contributed by atoms with Crippen molar-refractivity contribution in [1.29, 1.82) is 0 Å². The number of urea groups is 1. The molecule has 2 atom stereocenters. The highest BCUT2D eigenvalue weighted by Crippen LogP contribution is 2.46. The summed E-state index contributed by atoms with van der Waals surface area (Å²) in [6.07, 6.45) is 0.299. The Morgan fingerprint density at radius 2 is 1.76 bits per heavy atom. The number of rotatable bonds is 9. The number of hydrogen-bond donors (Lipinski definition) is 4. The SMILES string of the molecule is CC(C)C(NC(=O)NCC(C)(C)OC(=O)CS(=O)(=O)O)C(=O)N1CC[C@](O)(c2ccc(Cl)cc2)C(C)(C)C1. The number of nitrogens with one attached hydrogen (secondary N) is 2. The molecule has 0 saturated carbocycles. The van der Waals surface area contributed by atoms with Crippen LogP contribution in [0.5, 0.6) is 0 Å². The van der Waals surface area contributed by atoms with E-state index in [1.807, 2.05) is 13.8 Å². The number of piperidine rings is 1. The summed E-state index contributed by atoms with van der Waals surface area (Å²) in [4.78, 5) is 39.4. The molecule has 1 heterocycles. The van der Waals surface area contributed by atoms with Gasteiger partial charge in [-0.15, -0.1) is 0 Å². The number of esters is 1. The zero-order valence-electron chi connectivity index (χ0n) is 22.6. The van der Waals surface area contributed by atoms with Crippen molar-refractivity contribution in [2.75, 3.05) is 25.4 Å². The molecule has 0 spiro atoms. The standard InChI is InChI=1S/C25H38ClN3O8S/c1-16(2)20(28-22(32)27-14-24(5,6)37-19(30)13-38(34,35)36)21(31)29-12-11-25(33,23(3,4)15-29)17-7-9-18(26)10-8-17/h7-10,16,20,33H,11-15H2,1-6H3,(H2,27,28,32)(H,34,35,36)/t20?,25-/m0/s1. The van der Waals surface area contributed by atoms with E-state index in [9.17, 15) is 27.9 Å². The van der Waals surface area contributed by atoms with Crippen LogP contribution >= 0.6 is 11.6 Å². The molecule has 3 amide bonds. The van der Waals surface area contributed by atoms with E-state index in [0.717, 1.165) is 5.56 Å². The molecule has 13 heteroatoms. The predicted molar refractivity (Wildman–Crippen MR) is 142 cm³/mol. The highest BCUT2D eigenvalue weighted by Gasteiger charge is 2.50. The number of carbonyl (C=O) groups is 3. The number of amides is 3. The van der Waals surface area contributed by atoms with E-state index in [4.69, 9.17) is 20.9 Å². The quantitative estimate of drug-likeness (QED) is 0.257. The smallest absolute Gasteiger partial charge is 0.324 e. The maximum absolute atomic E-state index is 13.5. The van der Waals surface area contributed by atoms with Gasteiger partial charge in [0.05, 0.1) is 12.1 Å². The molecule has 1 saturated heterocycles. The van der Waals surface area contributed by atoms with Crippen LogP contribution in [0, 0.1) is 11.3 Å². The Hall–Kier alpha value is -2.41. The Morgan fingerprint density at radius 1 is 1.18 bits per heavy atom. The van der Waals surface area contributed by atoms with Crippen LogP contribution in [0.1, 0.15) is 53.5 Å². The highest BCUT2D eigenvalue weighted by molar-refractivity contribution is 7.86. The second-order valence-corrected chi connectivity index (χ2v) is 13.2. The summed E-state index contributed by atoms with van der Waals surface area (Å²) in [5.41, 5.74) is -2.43. The number of benzene rings is 1. The molecule has 1 aromatic carbocycles. The van der Waals surface area contributed by atoms with Gasteiger partial charge >= 0.3 is 12.0 Å². The highest BCUT2D eigenvalue weighted by atomic mass is 35.5. The van der Waals surface area contributed by atoms with Crippen LogP contribution in [-0.2, 0) is 30.0 Å². The summed E-state index contributed by atoms with van der Waals surface area (Å²) >= 11 is 6.00. The number of carbonyl (C=O) groups excluding carboxylic acids is 3. The second kappa shape index (κ2) is 11.8. The van der Waals surface area contributed by atoms with Gasteiger partial charge in [0.1, 0.15) is 11.6 Å². The molecule has 4 N–H and O–H groups in total. The second-order valence-electron chi connectivity index (χ2n) is 11.3. The lowest BCUT2D eigenvalue weighted by atomic mass is 9.66. The van der Waals surface area contributed by atoms with Gasteiger partial charge in [0.2, 0.25) is 5.91 Å². The molecule has 1 aliphatic heterocycles. The fourth-order valence-electron chi connectivity index (χ4n) is 4.49. The van der Waals surface area contributed by atoms with Gasteiger partial charge in [0.15, 0.2) is 5.75 Å². The molecule has 0 aliphatic carbocycles. The third-order valence-electron chi connectivity index (χ3n) is 6.67. The minimum absolute atomic E-state index is 0.181. The normalized spacial score (nSPS) is 20.5. The summed E-state index contributed by atoms with van der Waals surface area (Å²) in [6.45, 7) is 10.6. The predicted octanol–water partition coefficient (Wildman–Crippen LogP) is 2.32. The Bertz CT molecular complexity index is 1140. The molecular formula is C25H38ClN3O8S. The van der Waals surface area contributed by atoms with Gasteiger partial charge in [-0.2, -0.15) is 8.42 Å². The van der Waals surface area contributed by atoms with Gasteiger partial charge in [-0.05, 0) is 43.9 Å². The molecular weight excluding hydrogens is 538 g/mol. The number of likely N-dealkylation sites (tertiary alicyclic amines) is 1. The van der Waals surface area contributed by atoms with Gasteiger partial charge in [-0.3, -0.25) is 14.1 Å². The average molecular weight is 576 g/mol. The maximum atomic E-state index is 13.5. The third-order valence-corrected chi connectivity index (χ3v) is 7.52. The van der Waals surface area contributed by atoms with Crippen molar-refractivity contribution < 1.29 is 37.2 Å². The monoisotopic (exact) mass is 575 g/mol. The Labute approximate surface area is 229 Å². The van der Waals surface area contributed by atoms with E-state index >= 15 is 0 Å². The van der Waals surface area contributed by atoms with Gasteiger partial charge < -0.3 is 25.4 Å². The Kier molecular flexibility index (Phi) is 9.85. The minimum atomic E-state index is -4.54. The Morgan fingerprint density at radius 3 is 2.26 bits per heavy atom. The molecule has 0 radical (unpaired) electrons. The number of nitrogens with zero attached hydrogens (tertiary/aromatic N) is 1. The molecule has 11 nitrogen and oxygen atoms in total. The first-order chi connectivity index (χ1) is 17.3. The van der Waals surface area contributed by atoms with E-state index in [1.54, 1.807) is 43.0 Å². The summed E-state index contributed by atoms with van der Waals surface area (Å²) in [5.74, 6) is -2.92. The molecule has 2 rings (SSSR count). The first kappa shape index (κ1) is 31.8. The molecule has 0 bridgehead atoms. The lowest BCUT2D eigenvalue weighted by Crippen LogP contribution is -2.61. The van der Waals surface area contributed by atoms with Crippen LogP contribution in [-0.4, -0.2) is 77.9 Å². The van der Waals surface area contributed by atoms with Crippen LogP contribution in [0.15, 0.2) is 24.3 Å². The largest absolute Gasteiger partial charge is 0.457 e. The van der Waals surface area contributed by atoms with Gasteiger partial charge in [0, 0.05) is 23.5 Å². The fraction of sp³-hybridized carbons (Fsp3) is 0.640. The van der Waals surface area contributed by atoms with Crippen LogP contribution in [0.2, 0.25) is 5.02 Å². The first-order valence-corrected chi connectivity index (χ1v) is 14.2. The molecule has 1 fully saturated rings. The van der Waals surface area contributed by atoms with E-state index in [-0.39, 0.29) is 31.5 Å². The van der Waals surface area contributed by atoms with Gasteiger partial charge in [0.25, 0.3) is 10.1 Å². The van der Waals surface area contributed by atoms with E-state index < -0.39 is 50.5 Å². The van der Waals surface area contributed by atoms with E-state index in [2.05, 4.69) is 10.6 Å². The summed E-state index contributed by atoms with van der Waals surface area (Å²) in [5, 5.41) is 17.3. The van der Waals surface area contributed by atoms with Crippen molar-refractivity contribution in [2.45, 2.75) is 65.2 Å². The zero-order valence-corrected chi connectivity index (χ0v) is 24.1. The van der Waals surface area contributed by atoms with Crippen LogP contribution in [0.3, 0.4) is 0 Å². The molecule has 1 unspecified atom stereocenters. The zero-order chi connectivity index (χ0) is 29.1. The molecule has 1 aromatic rings. The molecule has 214 valence electrons. The topological polar surface area (TPSA) is 162 Å². The Balaban J connectivity index is 2.03. The third kappa shape index (κ3) is 8.29. The van der Waals surface area contributed by atoms with Crippen molar-refractivity contribution in [3.05, 3.63) is 34.9 Å². The van der Waals surface area contributed by atoms with Gasteiger partial charge in [-0.25, -0.2) is 4.79 Å². The summed E-state index contributed by atoms with van der Waals surface area (Å²) < 4.78 is 35.5. The molecule has 0 aromatic heterocycles. The van der Waals surface area contributed by atoms with Crippen LogP contribution in [0.25, 0.3) is 0 Å². The van der Waals surface area contributed by atoms with Crippen molar-refractivity contribution in [1.82, 2.24) is 15.5 Å². The number of hydrogen-bond acceptors (Lipinski definition) is 7. The maximum Gasteiger partial charge on any atom is 0.324 e. The van der Waals surface area contributed by atoms with Crippen molar-refractivity contribution in [2.24, 2.45) is 11.3 Å². The van der Waals surface area contributed by atoms with Crippen molar-refractivity contribution >= 4 is 39.6 Å². The molecule has 38 heavy (non-hydrogen) atoms. The van der Waals surface area contributed by atoms with Crippen LogP contribution in [0.4, 0.5) is 4.79 Å². The average Bonchev–Trinajstić information content (AvgIpc) is 2.76. The molecule has 1 aliphatic rings. The van der Waals surface area contributed by atoms with Gasteiger partial charge in [-0.1, -0.05) is 51.4 Å². The lowest BCUT2D eigenvalue weighted by molar-refractivity contribution is -0.155. The summed E-state index contributed by atoms with van der Waals surface area (Å²) in [7, 11) is -4.54. The number of aliphatic hydroxyl groups is 1. The van der Waals surface area contributed by atoms with E-state index in [1.165, 1.54) is 13.8 Å². The fourth-order valence-corrected chi connectivity index (χ4v) is 4.97. The first-order valence-electron chi connectivity index (χ1n) is 12.2. The van der Waals surface area contributed by atoms with Crippen LogP contribution < -0.4 is 10.6 Å². The number of halogens is 1. The van der Waals surface area contributed by atoms with Crippen molar-refractivity contribution in [3.8, 4) is 0 Å². The summed E-state index contributed by atoms with van der Waals surface area (Å²) in [6, 6.07) is 5.47. The van der Waals surface area contributed by atoms with E-state index in [0.29, 0.717) is 11.4 Å². The van der Waals surface area contributed by atoms with Crippen molar-refractivity contribution in [3.63, 3.8) is 0 Å². The lowest BCUT2D eigenvalue weighted by Gasteiger charge is -2.51. The number of ether oxygens (including phenoxy) is 1. The minimum Gasteiger partial charge on any atom is -0.457 e.